The Hall–Kier alpha value is -0.480. The van der Waals surface area contributed by atoms with Crippen LogP contribution in [0.25, 0.3) is 0 Å². The van der Waals surface area contributed by atoms with E-state index in [0.29, 0.717) is 0 Å². The summed E-state index contributed by atoms with van der Waals surface area (Å²) >= 11 is 1.97. The van der Waals surface area contributed by atoms with E-state index in [-0.39, 0.29) is 0 Å². The molecule has 0 unspecified atom stereocenters. The van der Waals surface area contributed by atoms with E-state index in [4.69, 9.17) is 0 Å². The smallest absolute Gasteiger partial charge is 0.0950 e. The van der Waals surface area contributed by atoms with Gasteiger partial charge in [0.2, 0.25) is 0 Å². The van der Waals surface area contributed by atoms with Gasteiger partial charge in [-0.15, -0.1) is 0 Å². The molecule has 0 amide bonds. The predicted octanol–water partition coefficient (Wildman–Crippen LogP) is 2.14. The standard InChI is InChI=1S/C11H21N3S/c1-3-5-12-8-11-9-14(10-13-11)6-7-15-4-2/h9-10,12H,3-8H2,1-2H3. The third kappa shape index (κ3) is 5.23. The average Bonchev–Trinajstić information content (AvgIpc) is 2.67. The largest absolute Gasteiger partial charge is 0.336 e. The van der Waals surface area contributed by atoms with E-state index in [1.165, 1.54) is 17.9 Å². The molecule has 0 saturated heterocycles. The fourth-order valence-corrected chi connectivity index (χ4v) is 1.96. The molecule has 0 spiro atoms. The lowest BCUT2D eigenvalue weighted by atomic mass is 10.4. The quantitative estimate of drug-likeness (QED) is 0.690. The number of hydrogen-bond donors (Lipinski definition) is 1. The molecule has 1 rings (SSSR count). The highest BCUT2D eigenvalue weighted by molar-refractivity contribution is 7.99. The van der Waals surface area contributed by atoms with Gasteiger partial charge in [-0.05, 0) is 18.7 Å². The lowest BCUT2D eigenvalue weighted by Gasteiger charge is -2.00. The first kappa shape index (κ1) is 12.6. The van der Waals surface area contributed by atoms with Gasteiger partial charge in [0, 0.05) is 25.0 Å². The summed E-state index contributed by atoms with van der Waals surface area (Å²) in [6.07, 6.45) is 5.24. The fourth-order valence-electron chi connectivity index (χ4n) is 1.33. The summed E-state index contributed by atoms with van der Waals surface area (Å²) in [5, 5.41) is 3.35. The molecule has 0 fully saturated rings. The summed E-state index contributed by atoms with van der Waals surface area (Å²) in [5.74, 6) is 2.37. The first-order chi connectivity index (χ1) is 7.36. The van der Waals surface area contributed by atoms with Crippen LogP contribution in [0.3, 0.4) is 0 Å². The van der Waals surface area contributed by atoms with Crippen LogP contribution in [0.5, 0.6) is 0 Å². The molecule has 1 aromatic heterocycles. The van der Waals surface area contributed by atoms with Crippen molar-refractivity contribution < 1.29 is 0 Å². The van der Waals surface area contributed by atoms with Crippen LogP contribution in [-0.4, -0.2) is 27.6 Å². The maximum atomic E-state index is 4.36. The molecule has 0 radical (unpaired) electrons. The second-order valence-electron chi connectivity index (χ2n) is 3.48. The van der Waals surface area contributed by atoms with Crippen molar-refractivity contribution in [1.82, 2.24) is 14.9 Å². The Morgan fingerprint density at radius 3 is 3.07 bits per heavy atom. The van der Waals surface area contributed by atoms with Gasteiger partial charge in [-0.25, -0.2) is 4.98 Å². The summed E-state index contributed by atoms with van der Waals surface area (Å²) in [6.45, 7) is 7.39. The minimum atomic E-state index is 0.891. The van der Waals surface area contributed by atoms with Gasteiger partial charge in [0.25, 0.3) is 0 Å². The van der Waals surface area contributed by atoms with E-state index in [0.717, 1.165) is 25.3 Å². The third-order valence-corrected chi connectivity index (χ3v) is 3.00. The molecule has 0 saturated carbocycles. The van der Waals surface area contributed by atoms with Crippen molar-refractivity contribution in [2.75, 3.05) is 18.1 Å². The zero-order chi connectivity index (χ0) is 10.9. The maximum absolute atomic E-state index is 4.36. The molecular weight excluding hydrogens is 206 g/mol. The normalized spacial score (nSPS) is 10.8. The summed E-state index contributed by atoms with van der Waals surface area (Å²) < 4.78 is 2.17. The molecule has 3 nitrogen and oxygen atoms in total. The molecule has 0 aliphatic heterocycles. The number of aromatic nitrogens is 2. The van der Waals surface area contributed by atoms with Gasteiger partial charge in [-0.2, -0.15) is 11.8 Å². The Labute approximate surface area is 96.7 Å². The second-order valence-corrected chi connectivity index (χ2v) is 4.87. The molecule has 4 heteroatoms. The predicted molar refractivity (Wildman–Crippen MR) is 67.2 cm³/mol. The van der Waals surface area contributed by atoms with Gasteiger partial charge in [0.15, 0.2) is 0 Å². The van der Waals surface area contributed by atoms with Gasteiger partial charge in [0.1, 0.15) is 0 Å². The topological polar surface area (TPSA) is 29.9 Å². The number of nitrogens with zero attached hydrogens (tertiary/aromatic N) is 2. The molecule has 1 heterocycles. The van der Waals surface area contributed by atoms with E-state index >= 15 is 0 Å². The Morgan fingerprint density at radius 2 is 2.33 bits per heavy atom. The Morgan fingerprint density at radius 1 is 1.47 bits per heavy atom. The Bertz CT molecular complexity index is 236. The lowest BCUT2D eigenvalue weighted by molar-refractivity contribution is 0.665. The minimum absolute atomic E-state index is 0.891. The van der Waals surface area contributed by atoms with Crippen molar-refractivity contribution in [3.63, 3.8) is 0 Å². The number of imidazole rings is 1. The Kier molecular flexibility index (Phi) is 6.52. The van der Waals surface area contributed by atoms with Crippen LogP contribution in [0.15, 0.2) is 12.5 Å². The molecular formula is C11H21N3S. The molecule has 0 aliphatic carbocycles. The summed E-state index contributed by atoms with van der Waals surface area (Å²) in [7, 11) is 0. The number of nitrogens with one attached hydrogen (secondary N) is 1. The Balaban J connectivity index is 2.23. The first-order valence-corrected chi connectivity index (χ1v) is 6.81. The third-order valence-electron chi connectivity index (χ3n) is 2.12. The molecule has 0 aromatic carbocycles. The zero-order valence-corrected chi connectivity index (χ0v) is 10.5. The highest BCUT2D eigenvalue weighted by Gasteiger charge is 1.97. The number of thioether (sulfide) groups is 1. The second kappa shape index (κ2) is 7.77. The highest BCUT2D eigenvalue weighted by atomic mass is 32.2. The summed E-state index contributed by atoms with van der Waals surface area (Å²) in [5.41, 5.74) is 1.14. The molecule has 1 aromatic rings. The van der Waals surface area contributed by atoms with E-state index in [2.05, 4.69) is 34.9 Å². The van der Waals surface area contributed by atoms with Gasteiger partial charge in [0.05, 0.1) is 12.0 Å². The van der Waals surface area contributed by atoms with Crippen LogP contribution in [-0.2, 0) is 13.1 Å². The highest BCUT2D eigenvalue weighted by Crippen LogP contribution is 2.02. The van der Waals surface area contributed by atoms with Crippen LogP contribution in [0.2, 0.25) is 0 Å². The SMILES string of the molecule is CCCNCc1cn(CCSCC)cn1. The van der Waals surface area contributed by atoms with Crippen LogP contribution < -0.4 is 5.32 Å². The number of hydrogen-bond acceptors (Lipinski definition) is 3. The van der Waals surface area contributed by atoms with Crippen molar-refractivity contribution in [1.29, 1.82) is 0 Å². The molecule has 0 bridgehead atoms. The molecule has 86 valence electrons. The zero-order valence-electron chi connectivity index (χ0n) is 9.70. The van der Waals surface area contributed by atoms with Crippen LogP contribution in [0.4, 0.5) is 0 Å². The van der Waals surface area contributed by atoms with Gasteiger partial charge >= 0.3 is 0 Å². The number of aryl methyl sites for hydroxylation is 1. The van der Waals surface area contributed by atoms with Crippen LogP contribution in [0, 0.1) is 0 Å². The molecule has 15 heavy (non-hydrogen) atoms. The van der Waals surface area contributed by atoms with Crippen molar-refractivity contribution in [2.24, 2.45) is 0 Å². The molecule has 0 atom stereocenters. The van der Waals surface area contributed by atoms with E-state index in [1.54, 1.807) is 0 Å². The van der Waals surface area contributed by atoms with Gasteiger partial charge in [-0.3, -0.25) is 0 Å². The van der Waals surface area contributed by atoms with Crippen molar-refractivity contribution in [3.8, 4) is 0 Å². The van der Waals surface area contributed by atoms with Crippen molar-refractivity contribution in [2.45, 2.75) is 33.4 Å². The fraction of sp³-hybridized carbons (Fsp3) is 0.727. The van der Waals surface area contributed by atoms with E-state index < -0.39 is 0 Å². The average molecular weight is 227 g/mol. The van der Waals surface area contributed by atoms with Crippen molar-refractivity contribution >= 4 is 11.8 Å². The molecule has 1 N–H and O–H groups in total. The molecule has 0 aliphatic rings. The van der Waals surface area contributed by atoms with Crippen LogP contribution >= 0.6 is 11.8 Å². The van der Waals surface area contributed by atoms with Gasteiger partial charge < -0.3 is 9.88 Å². The van der Waals surface area contributed by atoms with Crippen molar-refractivity contribution in [3.05, 3.63) is 18.2 Å². The van der Waals surface area contributed by atoms with Crippen LogP contribution in [0.1, 0.15) is 26.0 Å². The van der Waals surface area contributed by atoms with Gasteiger partial charge in [-0.1, -0.05) is 13.8 Å². The van der Waals surface area contributed by atoms with E-state index in [1.807, 2.05) is 18.1 Å². The first-order valence-electron chi connectivity index (χ1n) is 5.66. The summed E-state index contributed by atoms with van der Waals surface area (Å²) in [4.78, 5) is 4.36. The minimum Gasteiger partial charge on any atom is -0.336 e. The maximum Gasteiger partial charge on any atom is 0.0950 e. The monoisotopic (exact) mass is 227 g/mol. The summed E-state index contributed by atoms with van der Waals surface area (Å²) in [6, 6.07) is 0. The number of rotatable bonds is 8. The van der Waals surface area contributed by atoms with E-state index in [9.17, 15) is 0 Å². The lowest BCUT2D eigenvalue weighted by Crippen LogP contribution is -2.13.